The third kappa shape index (κ3) is 2.76. The molecule has 0 saturated carbocycles. The lowest BCUT2D eigenvalue weighted by Crippen LogP contribution is -1.91. The number of rotatable bonds is 3. The van der Waals surface area contributed by atoms with E-state index in [0.29, 0.717) is 0 Å². The Morgan fingerprint density at radius 2 is 1.88 bits per heavy atom. The monoisotopic (exact) mass is 224 g/mol. The molecule has 0 fully saturated rings. The van der Waals surface area contributed by atoms with Crippen molar-refractivity contribution in [2.45, 2.75) is 33.1 Å². The zero-order chi connectivity index (χ0) is 12.1. The third-order valence-electron chi connectivity index (χ3n) is 3.34. The fourth-order valence-corrected chi connectivity index (χ4v) is 2.27. The van der Waals surface area contributed by atoms with Crippen molar-refractivity contribution in [2.75, 3.05) is 0 Å². The van der Waals surface area contributed by atoms with Gasteiger partial charge in [-0.2, -0.15) is 0 Å². The van der Waals surface area contributed by atoms with E-state index in [0.717, 1.165) is 19.3 Å². The summed E-state index contributed by atoms with van der Waals surface area (Å²) in [6.07, 6.45) is 12.3. The molecule has 0 radical (unpaired) electrons. The van der Waals surface area contributed by atoms with Gasteiger partial charge in [-0.3, -0.25) is 0 Å². The molecule has 1 aromatic carbocycles. The Morgan fingerprint density at radius 3 is 2.65 bits per heavy atom. The Hall–Kier alpha value is -1.56. The van der Waals surface area contributed by atoms with E-state index in [4.69, 9.17) is 0 Å². The summed E-state index contributed by atoms with van der Waals surface area (Å²) in [7, 11) is 0. The summed E-state index contributed by atoms with van der Waals surface area (Å²) in [6.45, 7) is 4.43. The molecule has 0 spiro atoms. The third-order valence-corrected chi connectivity index (χ3v) is 3.34. The number of hydrogen-bond acceptors (Lipinski definition) is 0. The summed E-state index contributed by atoms with van der Waals surface area (Å²) in [6, 6.07) is 8.73. The van der Waals surface area contributed by atoms with Crippen LogP contribution in [-0.4, -0.2) is 0 Å². The molecular weight excluding hydrogens is 204 g/mol. The van der Waals surface area contributed by atoms with Crippen LogP contribution >= 0.6 is 0 Å². The van der Waals surface area contributed by atoms with Crippen molar-refractivity contribution in [3.05, 3.63) is 65.3 Å². The van der Waals surface area contributed by atoms with Gasteiger partial charge in [-0.25, -0.2) is 0 Å². The smallest absolute Gasteiger partial charge is 0.00856 e. The molecular formula is C17H20. The topological polar surface area (TPSA) is 0 Å². The summed E-state index contributed by atoms with van der Waals surface area (Å²) in [4.78, 5) is 0. The average molecular weight is 224 g/mol. The van der Waals surface area contributed by atoms with Crippen molar-refractivity contribution in [1.29, 1.82) is 0 Å². The maximum Gasteiger partial charge on any atom is -0.00856 e. The van der Waals surface area contributed by atoms with Gasteiger partial charge in [0.25, 0.3) is 0 Å². The predicted octanol–water partition coefficient (Wildman–Crippen LogP) is 4.93. The highest BCUT2D eigenvalue weighted by molar-refractivity contribution is 5.71. The maximum absolute atomic E-state index is 2.35. The van der Waals surface area contributed by atoms with Crippen LogP contribution in [0.25, 0.3) is 5.57 Å². The lowest BCUT2D eigenvalue weighted by Gasteiger charge is -2.09. The van der Waals surface area contributed by atoms with Gasteiger partial charge >= 0.3 is 0 Å². The van der Waals surface area contributed by atoms with Crippen molar-refractivity contribution in [1.82, 2.24) is 0 Å². The van der Waals surface area contributed by atoms with Crippen LogP contribution in [0.3, 0.4) is 0 Å². The van der Waals surface area contributed by atoms with Crippen molar-refractivity contribution < 1.29 is 0 Å². The Labute approximate surface area is 104 Å². The maximum atomic E-state index is 2.35. The zero-order valence-corrected chi connectivity index (χ0v) is 10.7. The van der Waals surface area contributed by atoms with E-state index in [1.54, 1.807) is 0 Å². The van der Waals surface area contributed by atoms with E-state index >= 15 is 0 Å². The molecule has 17 heavy (non-hydrogen) atoms. The predicted molar refractivity (Wildman–Crippen MR) is 75.9 cm³/mol. The van der Waals surface area contributed by atoms with Crippen LogP contribution in [0.5, 0.6) is 0 Å². The second-order valence-electron chi connectivity index (χ2n) is 4.40. The van der Waals surface area contributed by atoms with E-state index < -0.39 is 0 Å². The minimum atomic E-state index is 1.05. The molecule has 0 saturated heterocycles. The highest BCUT2D eigenvalue weighted by atomic mass is 14.1. The number of aryl methyl sites for hydroxylation is 1. The number of benzene rings is 1. The number of allylic oxidation sites excluding steroid dienone is 6. The van der Waals surface area contributed by atoms with Crippen molar-refractivity contribution >= 4 is 5.57 Å². The van der Waals surface area contributed by atoms with Gasteiger partial charge < -0.3 is 0 Å². The molecule has 0 heteroatoms. The fourth-order valence-electron chi connectivity index (χ4n) is 2.27. The van der Waals surface area contributed by atoms with Crippen molar-refractivity contribution in [2.24, 2.45) is 0 Å². The van der Waals surface area contributed by atoms with Gasteiger partial charge in [0.2, 0.25) is 0 Å². The molecule has 0 bridgehead atoms. The minimum absolute atomic E-state index is 1.05. The normalized spacial score (nSPS) is 15.2. The molecule has 88 valence electrons. The second kappa shape index (κ2) is 5.67. The van der Waals surface area contributed by atoms with Crippen LogP contribution in [0.4, 0.5) is 0 Å². The largest absolute Gasteiger partial charge is 0.0769 e. The minimum Gasteiger partial charge on any atom is -0.0769 e. The molecule has 1 aliphatic rings. The summed E-state index contributed by atoms with van der Waals surface area (Å²) in [5.41, 5.74) is 5.72. The molecule has 0 amide bonds. The Balaban J connectivity index is 2.32. The quantitative estimate of drug-likeness (QED) is 0.683. The van der Waals surface area contributed by atoms with E-state index in [-0.39, 0.29) is 0 Å². The first-order valence-electron chi connectivity index (χ1n) is 6.49. The molecule has 0 N–H and O–H groups in total. The molecule has 0 unspecified atom stereocenters. The van der Waals surface area contributed by atoms with E-state index in [9.17, 15) is 0 Å². The zero-order valence-electron chi connectivity index (χ0n) is 10.7. The van der Waals surface area contributed by atoms with Crippen molar-refractivity contribution in [3.8, 4) is 0 Å². The summed E-state index contributed by atoms with van der Waals surface area (Å²) in [5.74, 6) is 0. The van der Waals surface area contributed by atoms with E-state index in [1.807, 2.05) is 0 Å². The molecule has 0 nitrogen and oxygen atoms in total. The molecule has 0 aliphatic heterocycles. The SMILES string of the molecule is CCC1=CCC(c2ccccc2CC)=CC=C1. The lowest BCUT2D eigenvalue weighted by atomic mass is 9.95. The molecule has 0 aromatic heterocycles. The molecule has 1 aliphatic carbocycles. The van der Waals surface area contributed by atoms with Gasteiger partial charge in [0, 0.05) is 0 Å². The molecule has 0 atom stereocenters. The van der Waals surface area contributed by atoms with E-state index in [1.165, 1.54) is 22.3 Å². The van der Waals surface area contributed by atoms with Crippen LogP contribution < -0.4 is 0 Å². The molecule has 1 aromatic rings. The lowest BCUT2D eigenvalue weighted by molar-refractivity contribution is 1.11. The average Bonchev–Trinajstić information content (AvgIpc) is 2.63. The molecule has 2 rings (SSSR count). The van der Waals surface area contributed by atoms with Gasteiger partial charge in [0.15, 0.2) is 0 Å². The van der Waals surface area contributed by atoms with Crippen LogP contribution in [-0.2, 0) is 6.42 Å². The Morgan fingerprint density at radius 1 is 1.06 bits per heavy atom. The second-order valence-corrected chi connectivity index (χ2v) is 4.40. The van der Waals surface area contributed by atoms with Crippen LogP contribution in [0.1, 0.15) is 37.8 Å². The Kier molecular flexibility index (Phi) is 3.98. The summed E-state index contributed by atoms with van der Waals surface area (Å²) >= 11 is 0. The standard InChI is InChI=1S/C17H20/c1-3-14-8-7-10-16(13-12-14)17-11-6-5-9-15(17)4-2/h5-12H,3-4,13H2,1-2H3. The van der Waals surface area contributed by atoms with Crippen LogP contribution in [0, 0.1) is 0 Å². The van der Waals surface area contributed by atoms with Gasteiger partial charge in [-0.05, 0) is 36.0 Å². The highest BCUT2D eigenvalue weighted by Gasteiger charge is 2.06. The molecule has 0 heterocycles. The van der Waals surface area contributed by atoms with Gasteiger partial charge in [0.1, 0.15) is 0 Å². The highest BCUT2D eigenvalue weighted by Crippen LogP contribution is 2.26. The summed E-state index contributed by atoms with van der Waals surface area (Å²) < 4.78 is 0. The first-order valence-corrected chi connectivity index (χ1v) is 6.49. The number of hydrogen-bond donors (Lipinski definition) is 0. The van der Waals surface area contributed by atoms with Gasteiger partial charge in [-0.1, -0.05) is 68.0 Å². The van der Waals surface area contributed by atoms with Crippen molar-refractivity contribution in [3.63, 3.8) is 0 Å². The fraction of sp³-hybridized carbons (Fsp3) is 0.294. The Bertz CT molecular complexity index is 473. The van der Waals surface area contributed by atoms with Gasteiger partial charge in [-0.15, -0.1) is 0 Å². The van der Waals surface area contributed by atoms with Crippen LogP contribution in [0.15, 0.2) is 54.1 Å². The van der Waals surface area contributed by atoms with Gasteiger partial charge in [0.05, 0.1) is 0 Å². The summed E-state index contributed by atoms with van der Waals surface area (Å²) in [5, 5.41) is 0. The van der Waals surface area contributed by atoms with Crippen LogP contribution in [0.2, 0.25) is 0 Å². The first-order chi connectivity index (χ1) is 8.35. The van der Waals surface area contributed by atoms with E-state index in [2.05, 4.69) is 62.4 Å². The first kappa shape index (κ1) is 11.9.